The number of ether oxygens (including phenoxy) is 4. The number of hydrogen-bond acceptors (Lipinski definition) is 8. The highest BCUT2D eigenvalue weighted by molar-refractivity contribution is 6.14. The molecular weight excluding hydrogens is 512 g/mol. The first-order valence-corrected chi connectivity index (χ1v) is 12.3. The van der Waals surface area contributed by atoms with Gasteiger partial charge < -0.3 is 18.9 Å². The average molecular weight is 537 g/mol. The van der Waals surface area contributed by atoms with Crippen LogP contribution in [0.3, 0.4) is 0 Å². The van der Waals surface area contributed by atoms with Gasteiger partial charge in [0.1, 0.15) is 23.0 Å². The highest BCUT2D eigenvalue weighted by Gasteiger charge is 2.30. The first-order chi connectivity index (χ1) is 19.2. The molecule has 0 amide bonds. The Labute approximate surface area is 230 Å². The van der Waals surface area contributed by atoms with E-state index in [0.29, 0.717) is 29.3 Å². The molecule has 0 bridgehead atoms. The SMILES string of the molecule is COC(=O)c1cc(Oc2ccc(C(C)(C)c3ccc(Oc4ccc5c(c4)C(=O)OC5=O)cc3)cc2)ccc1C=O. The van der Waals surface area contributed by atoms with E-state index in [2.05, 4.69) is 18.6 Å². The van der Waals surface area contributed by atoms with E-state index >= 15 is 0 Å². The minimum absolute atomic E-state index is 0.133. The van der Waals surface area contributed by atoms with Crippen molar-refractivity contribution in [3.63, 3.8) is 0 Å². The molecule has 1 aliphatic heterocycles. The van der Waals surface area contributed by atoms with Gasteiger partial charge in [-0.3, -0.25) is 4.79 Å². The van der Waals surface area contributed by atoms with Gasteiger partial charge in [-0.2, -0.15) is 0 Å². The summed E-state index contributed by atoms with van der Waals surface area (Å²) in [5.41, 5.74) is 2.52. The number of cyclic esters (lactones) is 2. The fraction of sp³-hybridized carbons (Fsp3) is 0.125. The van der Waals surface area contributed by atoms with Crippen molar-refractivity contribution in [1.82, 2.24) is 0 Å². The zero-order valence-electron chi connectivity index (χ0n) is 21.9. The molecule has 40 heavy (non-hydrogen) atoms. The Morgan fingerprint density at radius 2 is 1.20 bits per heavy atom. The lowest BCUT2D eigenvalue weighted by Gasteiger charge is -2.26. The maximum atomic E-state index is 12.0. The molecule has 4 aromatic carbocycles. The maximum Gasteiger partial charge on any atom is 0.347 e. The molecule has 0 spiro atoms. The number of carbonyl (C=O) groups is 4. The zero-order valence-corrected chi connectivity index (χ0v) is 21.9. The van der Waals surface area contributed by atoms with Crippen LogP contribution in [-0.2, 0) is 14.9 Å². The Hall–Kier alpha value is -5.24. The van der Waals surface area contributed by atoms with Gasteiger partial charge in [0.05, 0.1) is 23.8 Å². The van der Waals surface area contributed by atoms with Crippen molar-refractivity contribution in [2.75, 3.05) is 7.11 Å². The van der Waals surface area contributed by atoms with Gasteiger partial charge in [0, 0.05) is 11.0 Å². The van der Waals surface area contributed by atoms with Crippen molar-refractivity contribution in [3.05, 3.63) is 118 Å². The van der Waals surface area contributed by atoms with Crippen molar-refractivity contribution >= 4 is 24.2 Å². The average Bonchev–Trinajstić information content (AvgIpc) is 3.25. The number of benzene rings is 4. The number of hydrogen-bond donors (Lipinski definition) is 0. The van der Waals surface area contributed by atoms with E-state index in [9.17, 15) is 19.2 Å². The minimum Gasteiger partial charge on any atom is -0.465 e. The van der Waals surface area contributed by atoms with Gasteiger partial charge >= 0.3 is 17.9 Å². The van der Waals surface area contributed by atoms with Crippen LogP contribution in [0.15, 0.2) is 84.9 Å². The molecule has 200 valence electrons. The molecular formula is C32H24O8. The summed E-state index contributed by atoms with van der Waals surface area (Å²) in [6, 6.07) is 24.5. The predicted octanol–water partition coefficient (Wildman–Crippen LogP) is 6.51. The number of methoxy groups -OCH3 is 1. The number of aldehydes is 1. The molecule has 5 rings (SSSR count). The first kappa shape index (κ1) is 26.4. The monoisotopic (exact) mass is 536 g/mol. The van der Waals surface area contributed by atoms with Crippen LogP contribution in [0.2, 0.25) is 0 Å². The molecule has 1 heterocycles. The van der Waals surface area contributed by atoms with Crippen LogP contribution >= 0.6 is 0 Å². The van der Waals surface area contributed by atoms with E-state index in [1.165, 1.54) is 31.4 Å². The molecule has 0 fully saturated rings. The van der Waals surface area contributed by atoms with Crippen molar-refractivity contribution in [2.45, 2.75) is 19.3 Å². The Bertz CT molecular complexity index is 1630. The molecule has 0 aliphatic carbocycles. The van der Waals surface area contributed by atoms with E-state index in [-0.39, 0.29) is 27.7 Å². The van der Waals surface area contributed by atoms with Crippen LogP contribution in [0, 0.1) is 0 Å². The second kappa shape index (κ2) is 10.5. The highest BCUT2D eigenvalue weighted by atomic mass is 16.6. The van der Waals surface area contributed by atoms with Crippen LogP contribution in [-0.4, -0.2) is 31.3 Å². The maximum absolute atomic E-state index is 12.0. The molecule has 8 heteroatoms. The molecule has 0 aromatic heterocycles. The first-order valence-electron chi connectivity index (χ1n) is 12.3. The second-order valence-electron chi connectivity index (χ2n) is 9.62. The Morgan fingerprint density at radius 3 is 1.75 bits per heavy atom. The fourth-order valence-corrected chi connectivity index (χ4v) is 4.43. The normalized spacial score (nSPS) is 12.4. The van der Waals surface area contributed by atoms with Crippen molar-refractivity contribution in [1.29, 1.82) is 0 Å². The summed E-state index contributed by atoms with van der Waals surface area (Å²) in [4.78, 5) is 46.7. The van der Waals surface area contributed by atoms with E-state index in [1.54, 1.807) is 12.1 Å². The third-order valence-corrected chi connectivity index (χ3v) is 6.80. The third-order valence-electron chi connectivity index (χ3n) is 6.80. The van der Waals surface area contributed by atoms with Crippen molar-refractivity contribution < 1.29 is 38.1 Å². The van der Waals surface area contributed by atoms with Gasteiger partial charge in [0.15, 0.2) is 6.29 Å². The molecule has 0 saturated carbocycles. The molecule has 0 atom stereocenters. The van der Waals surface area contributed by atoms with Crippen LogP contribution < -0.4 is 9.47 Å². The largest absolute Gasteiger partial charge is 0.465 e. The van der Waals surface area contributed by atoms with E-state index in [4.69, 9.17) is 14.2 Å². The van der Waals surface area contributed by atoms with Gasteiger partial charge in [-0.1, -0.05) is 38.1 Å². The summed E-state index contributed by atoms with van der Waals surface area (Å²) >= 11 is 0. The van der Waals surface area contributed by atoms with E-state index in [0.717, 1.165) is 11.1 Å². The molecule has 0 saturated heterocycles. The van der Waals surface area contributed by atoms with Gasteiger partial charge in [-0.25, -0.2) is 14.4 Å². The van der Waals surface area contributed by atoms with Crippen LogP contribution in [0.5, 0.6) is 23.0 Å². The standard InChI is InChI=1S/C32H24O8/c1-32(2,20-5-10-22(11-6-20)38-24-9-4-19(18-33)27(16-24)29(34)37-3)21-7-12-23(13-8-21)39-25-14-15-26-28(17-25)31(36)40-30(26)35/h4-18H,1-3H3. The third kappa shape index (κ3) is 5.07. The summed E-state index contributed by atoms with van der Waals surface area (Å²) in [7, 11) is 1.25. The van der Waals surface area contributed by atoms with Gasteiger partial charge in [0.2, 0.25) is 0 Å². The Morgan fingerprint density at radius 1 is 0.700 bits per heavy atom. The summed E-state index contributed by atoms with van der Waals surface area (Å²) in [6.07, 6.45) is 0.597. The topological polar surface area (TPSA) is 105 Å². The Kier molecular flexibility index (Phi) is 6.92. The fourth-order valence-electron chi connectivity index (χ4n) is 4.43. The lowest BCUT2D eigenvalue weighted by Crippen LogP contribution is -2.18. The number of esters is 3. The predicted molar refractivity (Wildman–Crippen MR) is 145 cm³/mol. The van der Waals surface area contributed by atoms with Crippen LogP contribution in [0.4, 0.5) is 0 Å². The molecule has 8 nitrogen and oxygen atoms in total. The molecule has 4 aromatic rings. The van der Waals surface area contributed by atoms with Gasteiger partial charge in [-0.05, 0) is 71.8 Å². The van der Waals surface area contributed by atoms with Crippen LogP contribution in [0.25, 0.3) is 0 Å². The molecule has 1 aliphatic rings. The van der Waals surface area contributed by atoms with Crippen molar-refractivity contribution in [2.24, 2.45) is 0 Å². The summed E-state index contributed by atoms with van der Waals surface area (Å²) < 4.78 is 21.2. The number of fused-ring (bicyclic) bond motifs is 1. The quantitative estimate of drug-likeness (QED) is 0.143. The number of rotatable bonds is 8. The molecule has 0 N–H and O–H groups in total. The Balaban J connectivity index is 1.29. The summed E-state index contributed by atoms with van der Waals surface area (Å²) in [5.74, 6) is 0.0210. The van der Waals surface area contributed by atoms with E-state index < -0.39 is 17.9 Å². The molecule has 0 radical (unpaired) electrons. The van der Waals surface area contributed by atoms with Gasteiger partial charge in [0.25, 0.3) is 0 Å². The summed E-state index contributed by atoms with van der Waals surface area (Å²) in [6.45, 7) is 4.20. The minimum atomic E-state index is -0.680. The van der Waals surface area contributed by atoms with E-state index in [1.807, 2.05) is 48.5 Å². The number of carbonyl (C=O) groups excluding carboxylic acids is 4. The molecule has 0 unspecified atom stereocenters. The smallest absolute Gasteiger partial charge is 0.347 e. The van der Waals surface area contributed by atoms with Crippen LogP contribution in [0.1, 0.15) is 66.4 Å². The second-order valence-corrected chi connectivity index (χ2v) is 9.62. The zero-order chi connectivity index (χ0) is 28.4. The lowest BCUT2D eigenvalue weighted by molar-refractivity contribution is 0.0442. The summed E-state index contributed by atoms with van der Waals surface area (Å²) in [5, 5.41) is 0. The van der Waals surface area contributed by atoms with Gasteiger partial charge in [-0.15, -0.1) is 0 Å². The van der Waals surface area contributed by atoms with Crippen molar-refractivity contribution in [3.8, 4) is 23.0 Å². The highest BCUT2D eigenvalue weighted by Crippen LogP contribution is 2.35. The lowest BCUT2D eigenvalue weighted by atomic mass is 9.78.